The Morgan fingerprint density at radius 1 is 1.30 bits per heavy atom. The predicted octanol–water partition coefficient (Wildman–Crippen LogP) is 4.39. The summed E-state index contributed by atoms with van der Waals surface area (Å²) in [6, 6.07) is 0. The summed E-state index contributed by atoms with van der Waals surface area (Å²) in [7, 11) is 1.69. The number of nitrogens with zero attached hydrogens (tertiary/aromatic N) is 2. The highest BCUT2D eigenvalue weighted by atomic mass is 16.5. The van der Waals surface area contributed by atoms with Gasteiger partial charge in [-0.3, -0.25) is 9.48 Å². The van der Waals surface area contributed by atoms with Gasteiger partial charge in [0.1, 0.15) is 0 Å². The molecule has 4 aliphatic carbocycles. The summed E-state index contributed by atoms with van der Waals surface area (Å²) in [5, 5.41) is 15.3. The Hall–Kier alpha value is -1.90. The fraction of sp³-hybridized carbons (Fsp3) is 0.714. The van der Waals surface area contributed by atoms with Crippen molar-refractivity contribution in [1.29, 1.82) is 0 Å². The van der Waals surface area contributed by atoms with Gasteiger partial charge in [-0.05, 0) is 80.0 Å². The van der Waals surface area contributed by atoms with Gasteiger partial charge < -0.3 is 9.84 Å². The maximum atomic E-state index is 13.4. The van der Waals surface area contributed by atoms with E-state index in [-0.39, 0.29) is 16.7 Å². The van der Waals surface area contributed by atoms with E-state index in [0.29, 0.717) is 36.7 Å². The molecule has 0 saturated heterocycles. The standard InChI is InChI=1S/C28H38N2O3/c1-5-19-15-29-30(16-19)17-25(31)24-9-8-22-21-7-6-20-14-28(32,18-33-4)13-12-26(20,2)23(21)10-11-27(22,24)3/h1,10,15-16,20-22,24,32H,6-9,11-14,17-18H2,2-4H3/t20-,21+,22+,24-,26+,27+,28-/m1/s1. The Bertz CT molecular complexity index is 1010. The second-order valence-corrected chi connectivity index (χ2v) is 11.8. The van der Waals surface area contributed by atoms with Crippen LogP contribution in [-0.2, 0) is 16.1 Å². The number of aromatic nitrogens is 2. The molecule has 0 radical (unpaired) electrons. The summed E-state index contributed by atoms with van der Waals surface area (Å²) in [5.41, 5.74) is 1.89. The van der Waals surface area contributed by atoms with Gasteiger partial charge in [0, 0.05) is 19.2 Å². The maximum absolute atomic E-state index is 13.4. The van der Waals surface area contributed by atoms with Crippen molar-refractivity contribution in [3.05, 3.63) is 29.6 Å². The van der Waals surface area contributed by atoms with Crippen molar-refractivity contribution in [2.24, 2.45) is 34.5 Å². The van der Waals surface area contributed by atoms with Gasteiger partial charge in [0.05, 0.1) is 30.5 Å². The fourth-order valence-corrected chi connectivity index (χ4v) is 8.32. The van der Waals surface area contributed by atoms with E-state index in [1.165, 1.54) is 6.42 Å². The minimum Gasteiger partial charge on any atom is -0.387 e. The largest absolute Gasteiger partial charge is 0.387 e. The molecule has 5 heteroatoms. The van der Waals surface area contributed by atoms with Gasteiger partial charge in [0.15, 0.2) is 5.78 Å². The quantitative estimate of drug-likeness (QED) is 0.534. The van der Waals surface area contributed by atoms with Gasteiger partial charge in [-0.2, -0.15) is 5.10 Å². The Balaban J connectivity index is 1.36. The normalized spacial score (nSPS) is 42.0. The van der Waals surface area contributed by atoms with Crippen LogP contribution in [-0.4, -0.2) is 40.0 Å². The first-order valence-electron chi connectivity index (χ1n) is 12.7. The zero-order valence-corrected chi connectivity index (χ0v) is 20.3. The van der Waals surface area contributed by atoms with Crippen LogP contribution >= 0.6 is 0 Å². The van der Waals surface area contributed by atoms with Crippen LogP contribution in [0.2, 0.25) is 0 Å². The van der Waals surface area contributed by atoms with Gasteiger partial charge in [-0.25, -0.2) is 0 Å². The third kappa shape index (κ3) is 3.61. The highest BCUT2D eigenvalue weighted by Gasteiger charge is 2.59. The molecule has 5 nitrogen and oxygen atoms in total. The van der Waals surface area contributed by atoms with Crippen molar-refractivity contribution in [2.45, 2.75) is 77.4 Å². The van der Waals surface area contributed by atoms with Crippen LogP contribution in [0.3, 0.4) is 0 Å². The molecule has 33 heavy (non-hydrogen) atoms. The van der Waals surface area contributed by atoms with Gasteiger partial charge in [-0.1, -0.05) is 31.4 Å². The third-order valence-corrected chi connectivity index (χ3v) is 10.1. The van der Waals surface area contributed by atoms with Crippen molar-refractivity contribution in [2.75, 3.05) is 13.7 Å². The van der Waals surface area contributed by atoms with Crippen LogP contribution in [0.15, 0.2) is 24.0 Å². The average Bonchev–Trinajstić information content (AvgIpc) is 3.38. The molecule has 0 bridgehead atoms. The van der Waals surface area contributed by atoms with Gasteiger partial charge in [0.2, 0.25) is 0 Å². The lowest BCUT2D eigenvalue weighted by molar-refractivity contribution is -0.128. The molecule has 0 amide bonds. The number of allylic oxidation sites excluding steroid dienone is 2. The molecule has 0 aliphatic heterocycles. The molecule has 0 spiro atoms. The highest BCUT2D eigenvalue weighted by molar-refractivity contribution is 5.82. The highest BCUT2D eigenvalue weighted by Crippen LogP contribution is 2.66. The molecule has 5 rings (SSSR count). The zero-order valence-electron chi connectivity index (χ0n) is 20.3. The minimum atomic E-state index is -0.674. The molecular formula is C28H38N2O3. The molecule has 7 atom stereocenters. The average molecular weight is 451 g/mol. The third-order valence-electron chi connectivity index (χ3n) is 10.1. The summed E-state index contributed by atoms with van der Waals surface area (Å²) in [5.74, 6) is 4.64. The van der Waals surface area contributed by atoms with Crippen molar-refractivity contribution >= 4 is 5.78 Å². The number of terminal acetylenes is 1. The summed E-state index contributed by atoms with van der Waals surface area (Å²) in [4.78, 5) is 13.4. The van der Waals surface area contributed by atoms with Gasteiger partial charge in [0.25, 0.3) is 0 Å². The van der Waals surface area contributed by atoms with Gasteiger partial charge in [-0.15, -0.1) is 6.42 Å². The monoisotopic (exact) mass is 450 g/mol. The molecule has 3 fully saturated rings. The number of hydrogen-bond donors (Lipinski definition) is 1. The molecule has 1 aromatic rings. The smallest absolute Gasteiger partial charge is 0.157 e. The molecule has 178 valence electrons. The van der Waals surface area contributed by atoms with E-state index in [2.05, 4.69) is 30.9 Å². The Morgan fingerprint density at radius 3 is 2.85 bits per heavy atom. The lowest BCUT2D eigenvalue weighted by Crippen LogP contribution is -2.52. The number of fused-ring (bicyclic) bond motifs is 5. The van der Waals surface area contributed by atoms with Crippen molar-refractivity contribution in [1.82, 2.24) is 9.78 Å². The summed E-state index contributed by atoms with van der Waals surface area (Å²) < 4.78 is 7.05. The van der Waals surface area contributed by atoms with E-state index >= 15 is 0 Å². The molecule has 1 N–H and O–H groups in total. The van der Waals surface area contributed by atoms with E-state index in [9.17, 15) is 9.90 Å². The van der Waals surface area contributed by atoms with E-state index in [1.807, 2.05) is 0 Å². The number of rotatable bonds is 5. The fourth-order valence-electron chi connectivity index (χ4n) is 8.32. The van der Waals surface area contributed by atoms with E-state index in [1.54, 1.807) is 29.8 Å². The van der Waals surface area contributed by atoms with Crippen molar-refractivity contribution in [3.63, 3.8) is 0 Å². The topological polar surface area (TPSA) is 64.4 Å². The van der Waals surface area contributed by atoms with E-state index < -0.39 is 5.60 Å². The van der Waals surface area contributed by atoms with E-state index in [4.69, 9.17) is 11.2 Å². The maximum Gasteiger partial charge on any atom is 0.157 e. The second-order valence-electron chi connectivity index (χ2n) is 11.8. The van der Waals surface area contributed by atoms with Crippen LogP contribution in [0.4, 0.5) is 0 Å². The summed E-state index contributed by atoms with van der Waals surface area (Å²) in [6.45, 7) is 5.56. The SMILES string of the molecule is C#Cc1cnn(CC(=O)[C@H]2CC[C@H]3[C@@H]4CC[C@@H]5C[C@@](O)(COC)CC[C@]5(C)C4=CC[C@]23C)c1. The number of Topliss-reactive ketones (excluding diaryl/α,β-unsaturated/α-hetero) is 1. The minimum absolute atomic E-state index is 0.0298. The first-order chi connectivity index (χ1) is 15.7. The molecule has 0 aromatic carbocycles. The molecular weight excluding hydrogens is 412 g/mol. The predicted molar refractivity (Wildman–Crippen MR) is 127 cm³/mol. The van der Waals surface area contributed by atoms with Crippen LogP contribution in [0, 0.1) is 46.8 Å². The first kappa shape index (κ1) is 22.9. The number of carbonyl (C=O) groups is 1. The molecule has 1 heterocycles. The van der Waals surface area contributed by atoms with E-state index in [0.717, 1.165) is 50.5 Å². The lowest BCUT2D eigenvalue weighted by Gasteiger charge is -2.58. The lowest BCUT2D eigenvalue weighted by atomic mass is 9.47. The zero-order chi connectivity index (χ0) is 23.4. The van der Waals surface area contributed by atoms with Crippen molar-refractivity contribution < 1.29 is 14.6 Å². The number of aliphatic hydroxyl groups is 1. The summed E-state index contributed by atoms with van der Waals surface area (Å²) >= 11 is 0. The van der Waals surface area contributed by atoms with Crippen molar-refractivity contribution in [3.8, 4) is 12.3 Å². The Labute approximate surface area is 198 Å². The molecule has 0 unspecified atom stereocenters. The van der Waals surface area contributed by atoms with Crippen LogP contribution < -0.4 is 0 Å². The number of ether oxygens (including phenoxy) is 1. The summed E-state index contributed by atoms with van der Waals surface area (Å²) in [6.07, 6.45) is 19.6. The van der Waals surface area contributed by atoms with Crippen LogP contribution in [0.25, 0.3) is 0 Å². The molecule has 4 aliphatic rings. The number of ketones is 1. The van der Waals surface area contributed by atoms with Gasteiger partial charge >= 0.3 is 0 Å². The molecule has 1 aromatic heterocycles. The van der Waals surface area contributed by atoms with Crippen LogP contribution in [0.1, 0.15) is 70.8 Å². The molecule has 3 saturated carbocycles. The number of hydrogen-bond acceptors (Lipinski definition) is 4. The Kier molecular flexibility index (Phi) is 5.61. The first-order valence-corrected chi connectivity index (χ1v) is 12.7. The Morgan fingerprint density at radius 2 is 2.12 bits per heavy atom. The van der Waals surface area contributed by atoms with Crippen LogP contribution in [0.5, 0.6) is 0 Å². The number of methoxy groups -OCH3 is 1. The second kappa shape index (κ2) is 8.10. The number of carbonyl (C=O) groups excluding carboxylic acids is 1.